The van der Waals surface area contributed by atoms with E-state index < -0.39 is 0 Å². The van der Waals surface area contributed by atoms with Crippen LogP contribution in [0, 0.1) is 0 Å². The number of ether oxygens (including phenoxy) is 1. The van der Waals surface area contributed by atoms with Gasteiger partial charge < -0.3 is 15.2 Å². The lowest BCUT2D eigenvalue weighted by molar-refractivity contribution is -0.130. The summed E-state index contributed by atoms with van der Waals surface area (Å²) >= 11 is 0. The third-order valence-corrected chi connectivity index (χ3v) is 2.32. The average Bonchev–Trinajstić information content (AvgIpc) is 2.30. The molecule has 1 aliphatic rings. The minimum absolute atomic E-state index is 0.0843. The number of carbonyl (C=O) groups excluding carboxylic acids is 1. The standard InChI is InChI=1S/C12H13NO3/c14-10-4-1-5-11(7-10)16-12(15)9-3-2-6-13-8-9/h1,3-5,7,13-14H,2,6,8H2. The number of carbonyl (C=O) groups is 1. The number of esters is 1. The Morgan fingerprint density at radius 3 is 3.00 bits per heavy atom. The van der Waals surface area contributed by atoms with Gasteiger partial charge in [0.05, 0.1) is 0 Å². The molecule has 1 aromatic rings. The van der Waals surface area contributed by atoms with Crippen molar-refractivity contribution in [2.75, 3.05) is 13.1 Å². The monoisotopic (exact) mass is 219 g/mol. The summed E-state index contributed by atoms with van der Waals surface area (Å²) in [5.41, 5.74) is 0.634. The van der Waals surface area contributed by atoms with Gasteiger partial charge in [0.15, 0.2) is 0 Å². The molecule has 0 bridgehead atoms. The van der Waals surface area contributed by atoms with Crippen LogP contribution in [0.25, 0.3) is 0 Å². The molecule has 1 heterocycles. The van der Waals surface area contributed by atoms with E-state index in [0.717, 1.165) is 13.0 Å². The van der Waals surface area contributed by atoms with E-state index in [0.29, 0.717) is 17.9 Å². The lowest BCUT2D eigenvalue weighted by Gasteiger charge is -2.13. The maximum absolute atomic E-state index is 11.7. The molecule has 0 aliphatic carbocycles. The second-order valence-corrected chi connectivity index (χ2v) is 3.58. The van der Waals surface area contributed by atoms with Crippen molar-refractivity contribution in [1.29, 1.82) is 0 Å². The number of hydrogen-bond donors (Lipinski definition) is 2. The summed E-state index contributed by atoms with van der Waals surface area (Å²) < 4.78 is 5.13. The molecule has 1 aromatic carbocycles. The van der Waals surface area contributed by atoms with Crippen LogP contribution in [0.5, 0.6) is 11.5 Å². The van der Waals surface area contributed by atoms with Crippen LogP contribution in [-0.2, 0) is 4.79 Å². The van der Waals surface area contributed by atoms with Gasteiger partial charge in [-0.25, -0.2) is 4.79 Å². The fourth-order valence-electron chi connectivity index (χ4n) is 1.52. The zero-order valence-electron chi connectivity index (χ0n) is 8.77. The highest BCUT2D eigenvalue weighted by Crippen LogP contribution is 2.18. The second kappa shape index (κ2) is 4.81. The molecule has 0 unspecified atom stereocenters. The molecule has 1 aliphatic heterocycles. The SMILES string of the molecule is O=C(Oc1cccc(O)c1)C1=CCCNC1. The Morgan fingerprint density at radius 1 is 1.44 bits per heavy atom. The predicted molar refractivity (Wildman–Crippen MR) is 59.3 cm³/mol. The molecule has 4 nitrogen and oxygen atoms in total. The Balaban J connectivity index is 2.04. The van der Waals surface area contributed by atoms with Crippen LogP contribution < -0.4 is 10.1 Å². The zero-order chi connectivity index (χ0) is 11.4. The summed E-state index contributed by atoms with van der Waals surface area (Å²) in [5.74, 6) is 0.0790. The summed E-state index contributed by atoms with van der Waals surface area (Å²) in [6.07, 6.45) is 2.71. The highest BCUT2D eigenvalue weighted by Gasteiger charge is 2.14. The number of hydrogen-bond acceptors (Lipinski definition) is 4. The van der Waals surface area contributed by atoms with Crippen molar-refractivity contribution in [3.05, 3.63) is 35.9 Å². The molecule has 2 rings (SSSR count). The van der Waals surface area contributed by atoms with Gasteiger partial charge >= 0.3 is 5.97 Å². The second-order valence-electron chi connectivity index (χ2n) is 3.58. The first kappa shape index (κ1) is 10.7. The average molecular weight is 219 g/mol. The van der Waals surface area contributed by atoms with Gasteiger partial charge in [-0.05, 0) is 25.1 Å². The van der Waals surface area contributed by atoms with Crippen molar-refractivity contribution in [1.82, 2.24) is 5.32 Å². The van der Waals surface area contributed by atoms with Gasteiger partial charge in [0.25, 0.3) is 0 Å². The number of phenolic OH excluding ortho intramolecular Hbond substituents is 1. The lowest BCUT2D eigenvalue weighted by atomic mass is 10.1. The minimum atomic E-state index is -0.363. The zero-order valence-corrected chi connectivity index (χ0v) is 8.77. The quantitative estimate of drug-likeness (QED) is 0.580. The summed E-state index contributed by atoms with van der Waals surface area (Å²) in [4.78, 5) is 11.7. The van der Waals surface area contributed by atoms with Crippen LogP contribution in [-0.4, -0.2) is 24.2 Å². The molecule has 0 spiro atoms. The van der Waals surface area contributed by atoms with Crippen molar-refractivity contribution in [2.24, 2.45) is 0 Å². The Bertz CT molecular complexity index is 426. The van der Waals surface area contributed by atoms with E-state index in [1.165, 1.54) is 12.1 Å². The van der Waals surface area contributed by atoms with Gasteiger partial charge in [0.2, 0.25) is 0 Å². The van der Waals surface area contributed by atoms with Crippen LogP contribution >= 0.6 is 0 Å². The molecule has 16 heavy (non-hydrogen) atoms. The molecular formula is C12H13NO3. The Hall–Kier alpha value is -1.81. The molecule has 0 aromatic heterocycles. The molecule has 0 fully saturated rings. The molecule has 84 valence electrons. The van der Waals surface area contributed by atoms with Crippen molar-refractivity contribution >= 4 is 5.97 Å². The molecule has 2 N–H and O–H groups in total. The van der Waals surface area contributed by atoms with E-state index in [4.69, 9.17) is 4.74 Å². The minimum Gasteiger partial charge on any atom is -0.508 e. The third kappa shape index (κ3) is 2.61. The van der Waals surface area contributed by atoms with Crippen molar-refractivity contribution in [2.45, 2.75) is 6.42 Å². The highest BCUT2D eigenvalue weighted by atomic mass is 16.5. The van der Waals surface area contributed by atoms with E-state index in [-0.39, 0.29) is 11.7 Å². The molecule has 0 atom stereocenters. The number of nitrogens with one attached hydrogen (secondary N) is 1. The summed E-state index contributed by atoms with van der Waals surface area (Å²) in [6, 6.07) is 6.20. The summed E-state index contributed by atoms with van der Waals surface area (Å²) in [6.45, 7) is 1.43. The first-order valence-electron chi connectivity index (χ1n) is 5.16. The molecule has 0 saturated carbocycles. The number of rotatable bonds is 2. The Morgan fingerprint density at radius 2 is 2.31 bits per heavy atom. The largest absolute Gasteiger partial charge is 0.508 e. The molecule has 0 radical (unpaired) electrons. The van der Waals surface area contributed by atoms with Gasteiger partial charge in [0, 0.05) is 18.2 Å². The summed E-state index contributed by atoms with van der Waals surface area (Å²) in [5, 5.41) is 12.3. The molecule has 4 heteroatoms. The Kier molecular flexibility index (Phi) is 3.22. The normalized spacial score (nSPS) is 15.4. The maximum atomic E-state index is 11.7. The van der Waals surface area contributed by atoms with Crippen molar-refractivity contribution in [3.8, 4) is 11.5 Å². The van der Waals surface area contributed by atoms with E-state index in [1.807, 2.05) is 6.08 Å². The number of aromatic hydroxyl groups is 1. The first-order valence-corrected chi connectivity index (χ1v) is 5.16. The molecular weight excluding hydrogens is 206 g/mol. The Labute approximate surface area is 93.5 Å². The number of benzene rings is 1. The van der Waals surface area contributed by atoms with Gasteiger partial charge in [0.1, 0.15) is 11.5 Å². The molecule has 0 saturated heterocycles. The predicted octanol–water partition coefficient (Wildman–Crippen LogP) is 1.22. The van der Waals surface area contributed by atoms with Crippen LogP contribution in [0.3, 0.4) is 0 Å². The van der Waals surface area contributed by atoms with Crippen molar-refractivity contribution < 1.29 is 14.6 Å². The third-order valence-electron chi connectivity index (χ3n) is 2.32. The molecule has 0 amide bonds. The topological polar surface area (TPSA) is 58.6 Å². The van der Waals surface area contributed by atoms with Gasteiger partial charge in [-0.3, -0.25) is 0 Å². The van der Waals surface area contributed by atoms with Gasteiger partial charge in [-0.15, -0.1) is 0 Å². The van der Waals surface area contributed by atoms with E-state index in [2.05, 4.69) is 5.32 Å². The first-order chi connectivity index (χ1) is 7.75. The fourth-order valence-corrected chi connectivity index (χ4v) is 1.52. The smallest absolute Gasteiger partial charge is 0.340 e. The van der Waals surface area contributed by atoms with Gasteiger partial charge in [-0.2, -0.15) is 0 Å². The maximum Gasteiger partial charge on any atom is 0.340 e. The summed E-state index contributed by atoms with van der Waals surface area (Å²) in [7, 11) is 0. The van der Waals surface area contributed by atoms with E-state index in [1.54, 1.807) is 12.1 Å². The van der Waals surface area contributed by atoms with Crippen LogP contribution in [0.15, 0.2) is 35.9 Å². The lowest BCUT2D eigenvalue weighted by Crippen LogP contribution is -2.28. The van der Waals surface area contributed by atoms with Crippen LogP contribution in [0.4, 0.5) is 0 Å². The van der Waals surface area contributed by atoms with E-state index in [9.17, 15) is 9.90 Å². The van der Waals surface area contributed by atoms with Crippen molar-refractivity contribution in [3.63, 3.8) is 0 Å². The number of phenols is 1. The van der Waals surface area contributed by atoms with Crippen LogP contribution in [0.1, 0.15) is 6.42 Å². The van der Waals surface area contributed by atoms with Gasteiger partial charge in [-0.1, -0.05) is 12.1 Å². The van der Waals surface area contributed by atoms with E-state index >= 15 is 0 Å². The fraction of sp³-hybridized carbons (Fsp3) is 0.250. The highest BCUT2D eigenvalue weighted by molar-refractivity contribution is 5.90. The van der Waals surface area contributed by atoms with Crippen LogP contribution in [0.2, 0.25) is 0 Å².